The van der Waals surface area contributed by atoms with E-state index in [0.717, 1.165) is 19.3 Å². The third kappa shape index (κ3) is 7.71. The number of hydrogen-bond donors (Lipinski definition) is 2. The van der Waals surface area contributed by atoms with Crippen LogP contribution in [0.3, 0.4) is 0 Å². The van der Waals surface area contributed by atoms with E-state index < -0.39 is 68.0 Å². The predicted octanol–water partition coefficient (Wildman–Crippen LogP) is 2.94. The van der Waals surface area contributed by atoms with Crippen LogP contribution in [0.15, 0.2) is 42.5 Å². The molecule has 0 radical (unpaired) electrons. The van der Waals surface area contributed by atoms with Crippen molar-refractivity contribution >= 4 is 39.6 Å². The first-order valence-electron chi connectivity index (χ1n) is 17.6. The van der Waals surface area contributed by atoms with Crippen LogP contribution in [-0.4, -0.2) is 89.9 Å². The van der Waals surface area contributed by atoms with Crippen LogP contribution in [-0.2, 0) is 33.9 Å². The lowest BCUT2D eigenvalue weighted by atomic mass is 9.92. The fraction of sp³-hybridized carbons (Fsp3) is 0.639. The molecule has 0 aromatic heterocycles. The van der Waals surface area contributed by atoms with Gasteiger partial charge in [0.25, 0.3) is 11.8 Å². The van der Waals surface area contributed by atoms with E-state index in [2.05, 4.69) is 10.0 Å². The summed E-state index contributed by atoms with van der Waals surface area (Å²) in [6, 6.07) is 7.86. The van der Waals surface area contributed by atoms with Crippen LogP contribution in [0, 0.1) is 23.7 Å². The van der Waals surface area contributed by atoms with Crippen LogP contribution in [0.2, 0.25) is 0 Å². The number of sulfonamides is 1. The average Bonchev–Trinajstić information content (AvgIpc) is 3.93. The Morgan fingerprint density at radius 3 is 2.43 bits per heavy atom. The molecule has 13 heteroatoms. The van der Waals surface area contributed by atoms with Gasteiger partial charge in [0.05, 0.1) is 11.7 Å². The number of hydrogen-bond acceptors (Lipinski definition) is 8. The van der Waals surface area contributed by atoms with Crippen molar-refractivity contribution in [3.8, 4) is 0 Å². The second-order valence-electron chi connectivity index (χ2n) is 15.4. The minimum atomic E-state index is -3.87. The molecule has 2 saturated carbocycles. The number of benzene rings is 1. The van der Waals surface area contributed by atoms with Crippen LogP contribution >= 0.6 is 0 Å². The second kappa shape index (κ2) is 13.5. The van der Waals surface area contributed by atoms with Gasteiger partial charge >= 0.3 is 5.97 Å². The van der Waals surface area contributed by atoms with Gasteiger partial charge in [-0.25, -0.2) is 8.42 Å². The predicted molar refractivity (Wildman–Crippen MR) is 180 cm³/mol. The van der Waals surface area contributed by atoms with Gasteiger partial charge in [-0.2, -0.15) is 0 Å². The number of nitrogens with one attached hydrogen (secondary N) is 2. The van der Waals surface area contributed by atoms with Crippen molar-refractivity contribution in [1.82, 2.24) is 19.8 Å². The fourth-order valence-electron chi connectivity index (χ4n) is 7.72. The van der Waals surface area contributed by atoms with Crippen LogP contribution < -0.4 is 10.0 Å². The summed E-state index contributed by atoms with van der Waals surface area (Å²) in [6.45, 7) is 6.11. The van der Waals surface area contributed by atoms with Crippen molar-refractivity contribution in [2.45, 2.75) is 101 Å². The molecule has 2 saturated heterocycles. The number of esters is 1. The van der Waals surface area contributed by atoms with Crippen LogP contribution in [0.5, 0.6) is 0 Å². The summed E-state index contributed by atoms with van der Waals surface area (Å²) in [7, 11) is -3.87. The lowest BCUT2D eigenvalue weighted by molar-refractivity contribution is -0.159. The van der Waals surface area contributed by atoms with E-state index in [9.17, 15) is 32.4 Å². The van der Waals surface area contributed by atoms with Gasteiger partial charge in [-0.1, -0.05) is 43.2 Å². The maximum absolute atomic E-state index is 14.5. The van der Waals surface area contributed by atoms with Crippen molar-refractivity contribution in [2.24, 2.45) is 23.7 Å². The van der Waals surface area contributed by atoms with Crippen LogP contribution in [0.1, 0.15) is 88.9 Å². The molecule has 0 unspecified atom stereocenters. The first-order chi connectivity index (χ1) is 23.2. The number of allylic oxidation sites excluding steroid dienone is 1. The molecule has 6 atom stereocenters. The number of fused-ring (bicyclic) bond motifs is 4. The van der Waals surface area contributed by atoms with Crippen LogP contribution in [0.4, 0.5) is 0 Å². The molecule has 3 aliphatic heterocycles. The summed E-state index contributed by atoms with van der Waals surface area (Å²) < 4.78 is 33.4. The van der Waals surface area contributed by atoms with Gasteiger partial charge in [0, 0.05) is 48.9 Å². The molecule has 266 valence electrons. The minimum absolute atomic E-state index is 0.123. The fourth-order valence-corrected chi connectivity index (χ4v) is 9.08. The lowest BCUT2D eigenvalue weighted by Crippen LogP contribution is -2.58. The number of ether oxygens (including phenoxy) is 1. The largest absolute Gasteiger partial charge is 0.460 e. The molecule has 3 heterocycles. The highest BCUT2D eigenvalue weighted by Gasteiger charge is 2.63. The van der Waals surface area contributed by atoms with E-state index in [1.807, 2.05) is 18.2 Å². The van der Waals surface area contributed by atoms with Gasteiger partial charge in [-0.15, -0.1) is 0 Å². The summed E-state index contributed by atoms with van der Waals surface area (Å²) >= 11 is 0. The summed E-state index contributed by atoms with van der Waals surface area (Å²) in [5.74, 6) is -4.04. The molecule has 6 rings (SSSR count). The molecule has 4 amide bonds. The maximum Gasteiger partial charge on any atom is 0.307 e. The highest BCUT2D eigenvalue weighted by Crippen LogP contribution is 2.47. The normalized spacial score (nSPS) is 31.3. The first-order valence-corrected chi connectivity index (χ1v) is 19.1. The third-order valence-electron chi connectivity index (χ3n) is 10.5. The maximum atomic E-state index is 14.5. The van der Waals surface area contributed by atoms with Crippen molar-refractivity contribution in [2.75, 3.05) is 19.6 Å². The number of nitrogens with zero attached hydrogens (tertiary/aromatic N) is 2. The van der Waals surface area contributed by atoms with Gasteiger partial charge in [-0.05, 0) is 71.4 Å². The van der Waals surface area contributed by atoms with E-state index in [4.69, 9.17) is 4.74 Å². The highest BCUT2D eigenvalue weighted by atomic mass is 32.2. The number of carbonyl (C=O) groups excluding carboxylic acids is 5. The Hall–Kier alpha value is -3.74. The summed E-state index contributed by atoms with van der Waals surface area (Å²) in [4.78, 5) is 72.3. The topological polar surface area (TPSA) is 159 Å². The Labute approximate surface area is 288 Å². The Morgan fingerprint density at radius 1 is 1.00 bits per heavy atom. The molecule has 49 heavy (non-hydrogen) atoms. The third-order valence-corrected chi connectivity index (χ3v) is 12.3. The van der Waals surface area contributed by atoms with Crippen LogP contribution in [0.25, 0.3) is 0 Å². The van der Waals surface area contributed by atoms with Crippen molar-refractivity contribution in [3.63, 3.8) is 0 Å². The van der Waals surface area contributed by atoms with Gasteiger partial charge < -0.3 is 19.9 Å². The lowest BCUT2D eigenvalue weighted by Gasteiger charge is -2.33. The zero-order valence-corrected chi connectivity index (χ0v) is 29.4. The average molecular weight is 697 g/mol. The van der Waals surface area contributed by atoms with E-state index in [1.165, 1.54) is 0 Å². The van der Waals surface area contributed by atoms with E-state index >= 15 is 0 Å². The standard InChI is InChI=1S/C36H48N4O8S/c1-35(2,3)48-29(41)18-24-14-8-5-4-6-11-15-26-19-36(26,34(45)38-49(46,47)27-16-17-27)37-31(42)30-28-22-39(20-25(28)21-40(30)33(24)44)32(43)23-12-9-7-10-13-23/h7,9-13,15,24-28,30H,4-6,8,14,16-22H2,1-3H3,(H,37,42)(H,38,45)/b15-11-/t24-,25-,26+,28-,30-,36+/m0/s1. The van der Waals surface area contributed by atoms with E-state index in [0.29, 0.717) is 37.8 Å². The first kappa shape index (κ1) is 35.1. The summed E-state index contributed by atoms with van der Waals surface area (Å²) in [6.07, 6.45) is 8.45. The molecule has 2 N–H and O–H groups in total. The molecule has 4 fully saturated rings. The van der Waals surface area contributed by atoms with Gasteiger partial charge in [0.2, 0.25) is 21.8 Å². The quantitative estimate of drug-likeness (QED) is 0.340. The number of amides is 4. The Bertz CT molecular complexity index is 1620. The number of likely N-dealkylation sites (tertiary alicyclic amines) is 1. The number of rotatable bonds is 6. The molecule has 12 nitrogen and oxygen atoms in total. The highest BCUT2D eigenvalue weighted by molar-refractivity contribution is 7.91. The molecule has 2 aliphatic carbocycles. The van der Waals surface area contributed by atoms with Crippen molar-refractivity contribution in [1.29, 1.82) is 0 Å². The Morgan fingerprint density at radius 2 is 1.73 bits per heavy atom. The van der Waals surface area contributed by atoms with Gasteiger partial charge in [-0.3, -0.25) is 28.7 Å². The van der Waals surface area contributed by atoms with Gasteiger partial charge in [0.15, 0.2) is 0 Å². The monoisotopic (exact) mass is 696 g/mol. The Balaban J connectivity index is 1.30. The van der Waals surface area contributed by atoms with E-state index in [-0.39, 0.29) is 43.7 Å². The Kier molecular flexibility index (Phi) is 9.69. The van der Waals surface area contributed by atoms with E-state index in [1.54, 1.807) is 54.8 Å². The molecule has 0 spiro atoms. The molecule has 0 bridgehead atoms. The minimum Gasteiger partial charge on any atom is -0.460 e. The molecule has 5 aliphatic rings. The summed E-state index contributed by atoms with van der Waals surface area (Å²) in [5.41, 5.74) is -1.67. The zero-order chi connectivity index (χ0) is 35.1. The second-order valence-corrected chi connectivity index (χ2v) is 17.4. The molecular formula is C36H48N4O8S. The van der Waals surface area contributed by atoms with Crippen molar-refractivity contribution < 1.29 is 37.1 Å². The SMILES string of the molecule is CC(C)(C)OC(=O)C[C@@H]1CCCCC/C=C\[C@@H]2C[C@@]2(C(=O)NS(=O)(=O)C2CC2)NC(=O)[C@@H]2[C@H]3CN(C(=O)c4ccccc4)C[C@H]3CN2C1=O. The van der Waals surface area contributed by atoms with Crippen molar-refractivity contribution in [3.05, 3.63) is 48.0 Å². The molecule has 1 aromatic rings. The summed E-state index contributed by atoms with van der Waals surface area (Å²) in [5, 5.41) is 2.32. The number of carbonyl (C=O) groups is 5. The zero-order valence-electron chi connectivity index (χ0n) is 28.6. The molecular weight excluding hydrogens is 648 g/mol. The smallest absolute Gasteiger partial charge is 0.307 e. The molecule has 1 aromatic carbocycles. The van der Waals surface area contributed by atoms with Gasteiger partial charge in [0.1, 0.15) is 17.2 Å².